The van der Waals surface area contributed by atoms with Gasteiger partial charge in [-0.25, -0.2) is 0 Å². The highest BCUT2D eigenvalue weighted by atomic mass is 32.1. The highest BCUT2D eigenvalue weighted by molar-refractivity contribution is 7.05. The lowest BCUT2D eigenvalue weighted by Gasteiger charge is -2.21. The standard InChI is InChI=1S/C11H18F3N3S/c1-10(2,3)9-8(18-17-16-9)7(15-4)5-6-11(12,13)14/h7,15H,5-6H2,1-4H3. The van der Waals surface area contributed by atoms with Crippen molar-refractivity contribution >= 4 is 11.5 Å². The van der Waals surface area contributed by atoms with Gasteiger partial charge in [0.1, 0.15) is 0 Å². The second-order valence-electron chi connectivity index (χ2n) is 5.23. The Hall–Kier alpha value is -0.690. The monoisotopic (exact) mass is 281 g/mol. The van der Waals surface area contributed by atoms with Crippen LogP contribution in [0.2, 0.25) is 0 Å². The van der Waals surface area contributed by atoms with Crippen molar-refractivity contribution in [2.45, 2.75) is 51.2 Å². The molecule has 0 aliphatic rings. The molecule has 1 aromatic heterocycles. The quantitative estimate of drug-likeness (QED) is 0.918. The van der Waals surface area contributed by atoms with Crippen molar-refractivity contribution in [1.29, 1.82) is 0 Å². The van der Waals surface area contributed by atoms with Gasteiger partial charge in [-0.15, -0.1) is 5.10 Å². The van der Waals surface area contributed by atoms with E-state index in [1.165, 1.54) is 11.5 Å². The predicted octanol–water partition coefficient (Wildman–Crippen LogP) is 3.44. The molecule has 3 nitrogen and oxygen atoms in total. The van der Waals surface area contributed by atoms with Crippen molar-refractivity contribution in [3.63, 3.8) is 0 Å². The van der Waals surface area contributed by atoms with Crippen molar-refractivity contribution in [2.75, 3.05) is 7.05 Å². The molecule has 7 heteroatoms. The molecule has 0 aromatic carbocycles. The maximum atomic E-state index is 12.3. The van der Waals surface area contributed by atoms with Crippen LogP contribution < -0.4 is 5.32 Å². The molecule has 0 bridgehead atoms. The van der Waals surface area contributed by atoms with E-state index in [4.69, 9.17) is 0 Å². The lowest BCUT2D eigenvalue weighted by atomic mass is 9.89. The third kappa shape index (κ3) is 4.20. The van der Waals surface area contributed by atoms with Crippen molar-refractivity contribution in [2.24, 2.45) is 0 Å². The van der Waals surface area contributed by atoms with Gasteiger partial charge in [-0.3, -0.25) is 0 Å². The molecule has 0 saturated heterocycles. The molecule has 0 amide bonds. The SMILES string of the molecule is CNC(CCC(F)(F)F)c1snnc1C(C)(C)C. The fourth-order valence-electron chi connectivity index (χ4n) is 1.66. The highest BCUT2D eigenvalue weighted by Crippen LogP contribution is 2.34. The lowest BCUT2D eigenvalue weighted by molar-refractivity contribution is -0.136. The maximum absolute atomic E-state index is 12.3. The fraction of sp³-hybridized carbons (Fsp3) is 0.818. The normalized spacial score (nSPS) is 14.8. The number of rotatable bonds is 4. The zero-order valence-electron chi connectivity index (χ0n) is 10.9. The first-order valence-electron chi connectivity index (χ1n) is 5.72. The third-order valence-electron chi connectivity index (χ3n) is 2.61. The van der Waals surface area contributed by atoms with Crippen molar-refractivity contribution in [3.05, 3.63) is 10.6 Å². The Morgan fingerprint density at radius 3 is 2.33 bits per heavy atom. The largest absolute Gasteiger partial charge is 0.389 e. The van der Waals surface area contributed by atoms with E-state index >= 15 is 0 Å². The molecule has 0 saturated carbocycles. The minimum Gasteiger partial charge on any atom is -0.312 e. The summed E-state index contributed by atoms with van der Waals surface area (Å²) in [6.45, 7) is 5.93. The van der Waals surface area contributed by atoms with Gasteiger partial charge in [0.05, 0.1) is 10.6 Å². The van der Waals surface area contributed by atoms with Crippen LogP contribution in [-0.2, 0) is 5.41 Å². The van der Waals surface area contributed by atoms with Gasteiger partial charge in [0.2, 0.25) is 0 Å². The summed E-state index contributed by atoms with van der Waals surface area (Å²) in [5.74, 6) is 0. The average Bonchev–Trinajstić information content (AvgIpc) is 2.65. The van der Waals surface area contributed by atoms with E-state index in [0.717, 1.165) is 10.6 Å². The van der Waals surface area contributed by atoms with E-state index in [9.17, 15) is 13.2 Å². The molecule has 1 N–H and O–H groups in total. The van der Waals surface area contributed by atoms with Crippen molar-refractivity contribution < 1.29 is 13.2 Å². The maximum Gasteiger partial charge on any atom is 0.389 e. The van der Waals surface area contributed by atoms with Crippen LogP contribution in [-0.4, -0.2) is 22.8 Å². The van der Waals surface area contributed by atoms with E-state index in [1.54, 1.807) is 7.05 Å². The van der Waals surface area contributed by atoms with E-state index in [0.29, 0.717) is 0 Å². The Morgan fingerprint density at radius 2 is 1.89 bits per heavy atom. The first-order chi connectivity index (χ1) is 8.15. The number of nitrogens with one attached hydrogen (secondary N) is 1. The average molecular weight is 281 g/mol. The summed E-state index contributed by atoms with van der Waals surface area (Å²) in [4.78, 5) is 0.800. The summed E-state index contributed by atoms with van der Waals surface area (Å²) in [7, 11) is 1.66. The summed E-state index contributed by atoms with van der Waals surface area (Å²) in [5, 5.41) is 6.97. The zero-order valence-corrected chi connectivity index (χ0v) is 11.7. The van der Waals surface area contributed by atoms with E-state index in [1.807, 2.05) is 20.8 Å². The summed E-state index contributed by atoms with van der Waals surface area (Å²) in [6, 6.07) is -0.346. The number of hydrogen-bond acceptors (Lipinski definition) is 4. The molecule has 0 radical (unpaired) electrons. The van der Waals surface area contributed by atoms with Crippen molar-refractivity contribution in [1.82, 2.24) is 14.9 Å². The fourth-order valence-corrected chi connectivity index (χ4v) is 2.67. The Kier molecular flexibility index (Phi) is 4.72. The number of alkyl halides is 3. The first-order valence-corrected chi connectivity index (χ1v) is 6.49. The van der Waals surface area contributed by atoms with Gasteiger partial charge in [0.15, 0.2) is 0 Å². The molecule has 1 unspecified atom stereocenters. The van der Waals surface area contributed by atoms with Crippen LogP contribution in [0.4, 0.5) is 13.2 Å². The van der Waals surface area contributed by atoms with Gasteiger partial charge in [-0.2, -0.15) is 13.2 Å². The topological polar surface area (TPSA) is 37.8 Å². The Bertz CT molecular complexity index is 382. The van der Waals surface area contributed by atoms with Gasteiger partial charge < -0.3 is 5.32 Å². The molecule has 1 rings (SSSR count). The molecule has 1 aromatic rings. The van der Waals surface area contributed by atoms with E-state index in [-0.39, 0.29) is 17.9 Å². The van der Waals surface area contributed by atoms with Gasteiger partial charge >= 0.3 is 6.18 Å². The van der Waals surface area contributed by atoms with Crippen LogP contribution in [0.25, 0.3) is 0 Å². The van der Waals surface area contributed by atoms with Crippen molar-refractivity contribution in [3.8, 4) is 0 Å². The molecular formula is C11H18F3N3S. The molecular weight excluding hydrogens is 263 g/mol. The number of hydrogen-bond donors (Lipinski definition) is 1. The lowest BCUT2D eigenvalue weighted by Crippen LogP contribution is -2.23. The number of halogens is 3. The molecule has 0 fully saturated rings. The van der Waals surface area contributed by atoms with E-state index in [2.05, 4.69) is 14.9 Å². The summed E-state index contributed by atoms with van der Waals surface area (Å²) >= 11 is 1.17. The Labute approximate surface area is 109 Å². The molecule has 1 heterocycles. The van der Waals surface area contributed by atoms with Gasteiger partial charge in [0, 0.05) is 17.9 Å². The minimum atomic E-state index is -4.13. The van der Waals surface area contributed by atoms with Crippen LogP contribution in [0.1, 0.15) is 50.2 Å². The van der Waals surface area contributed by atoms with Gasteiger partial charge in [-0.1, -0.05) is 25.3 Å². The molecule has 0 spiro atoms. The van der Waals surface area contributed by atoms with E-state index < -0.39 is 12.6 Å². The molecule has 0 aliphatic heterocycles. The molecule has 104 valence electrons. The van der Waals surface area contributed by atoms with Gasteiger partial charge in [-0.05, 0) is 25.0 Å². The van der Waals surface area contributed by atoms with Crippen LogP contribution in [0.3, 0.4) is 0 Å². The zero-order chi connectivity index (χ0) is 14.0. The second kappa shape index (κ2) is 5.52. The van der Waals surface area contributed by atoms with Crippen LogP contribution in [0.15, 0.2) is 0 Å². The highest BCUT2D eigenvalue weighted by Gasteiger charge is 2.31. The second-order valence-corrected chi connectivity index (χ2v) is 6.02. The van der Waals surface area contributed by atoms with Crippen LogP contribution in [0.5, 0.6) is 0 Å². The number of aromatic nitrogens is 2. The van der Waals surface area contributed by atoms with Gasteiger partial charge in [0.25, 0.3) is 0 Å². The Balaban J connectivity index is 2.86. The summed E-state index contributed by atoms with van der Waals surface area (Å²) in [6.07, 6.45) is -4.93. The van der Waals surface area contributed by atoms with Crippen LogP contribution >= 0.6 is 11.5 Å². The molecule has 18 heavy (non-hydrogen) atoms. The molecule has 0 aliphatic carbocycles. The minimum absolute atomic E-state index is 0.00690. The molecule has 1 atom stereocenters. The third-order valence-corrected chi connectivity index (χ3v) is 3.44. The Morgan fingerprint density at radius 1 is 1.28 bits per heavy atom. The van der Waals surface area contributed by atoms with Crippen LogP contribution in [0, 0.1) is 0 Å². The smallest absolute Gasteiger partial charge is 0.312 e. The first kappa shape index (κ1) is 15.4. The number of nitrogens with zero attached hydrogens (tertiary/aromatic N) is 2. The summed E-state index contributed by atoms with van der Waals surface area (Å²) < 4.78 is 40.7. The predicted molar refractivity (Wildman–Crippen MR) is 65.7 cm³/mol. The summed E-state index contributed by atoms with van der Waals surface area (Å²) in [5.41, 5.74) is 0.560.